The maximum atomic E-state index is 11.2. The average Bonchev–Trinajstić information content (AvgIpc) is 2.82. The molecule has 166 valence electrons. The van der Waals surface area contributed by atoms with E-state index < -0.39 is 5.97 Å². The quantitative estimate of drug-likeness (QED) is 0.491. The van der Waals surface area contributed by atoms with Crippen LogP contribution >= 0.6 is 0 Å². The van der Waals surface area contributed by atoms with Crippen LogP contribution in [0.15, 0.2) is 60.8 Å². The summed E-state index contributed by atoms with van der Waals surface area (Å²) in [5.74, 6) is 0.144. The van der Waals surface area contributed by atoms with Crippen molar-refractivity contribution in [2.75, 3.05) is 30.4 Å². The Balaban J connectivity index is 1.48. The number of aromatic nitrogens is 1. The molecule has 1 atom stereocenters. The predicted molar refractivity (Wildman–Crippen MR) is 129 cm³/mol. The van der Waals surface area contributed by atoms with Crippen molar-refractivity contribution in [3.05, 3.63) is 83.0 Å². The van der Waals surface area contributed by atoms with Crippen molar-refractivity contribution in [3.63, 3.8) is 0 Å². The minimum atomic E-state index is -0.952. The molecule has 0 saturated heterocycles. The van der Waals surface area contributed by atoms with Gasteiger partial charge in [0.15, 0.2) is 0 Å². The van der Waals surface area contributed by atoms with Crippen LogP contribution in [0.25, 0.3) is 0 Å². The highest BCUT2D eigenvalue weighted by Crippen LogP contribution is 2.31. The van der Waals surface area contributed by atoms with Gasteiger partial charge in [0.1, 0.15) is 5.82 Å². The summed E-state index contributed by atoms with van der Waals surface area (Å²) in [7, 11) is 2.10. The number of fused-ring (bicyclic) bond motifs is 1. The van der Waals surface area contributed by atoms with Gasteiger partial charge in [-0.25, -0.2) is 9.78 Å². The van der Waals surface area contributed by atoms with Crippen LogP contribution in [0.2, 0.25) is 0 Å². The van der Waals surface area contributed by atoms with E-state index in [1.54, 1.807) is 6.07 Å². The molecule has 0 radical (unpaired) electrons. The van der Waals surface area contributed by atoms with Crippen molar-refractivity contribution in [1.29, 1.82) is 0 Å². The van der Waals surface area contributed by atoms with Crippen LogP contribution in [-0.2, 0) is 6.42 Å². The molecule has 6 heteroatoms. The molecule has 1 aliphatic heterocycles. The van der Waals surface area contributed by atoms with Gasteiger partial charge in [0.05, 0.1) is 5.56 Å². The second kappa shape index (κ2) is 9.40. The third kappa shape index (κ3) is 4.75. The minimum absolute atomic E-state index is 0.138. The molecule has 32 heavy (non-hydrogen) atoms. The van der Waals surface area contributed by atoms with Crippen molar-refractivity contribution >= 4 is 23.2 Å². The van der Waals surface area contributed by atoms with Crippen LogP contribution in [0.1, 0.15) is 52.9 Å². The maximum Gasteiger partial charge on any atom is 0.335 e. The third-order valence-corrected chi connectivity index (χ3v) is 6.12. The molecule has 0 fully saturated rings. The van der Waals surface area contributed by atoms with Gasteiger partial charge in [-0.2, -0.15) is 0 Å². The molecule has 1 aromatic heterocycles. The Bertz CT molecular complexity index is 1100. The Hall–Kier alpha value is -3.38. The van der Waals surface area contributed by atoms with E-state index in [1.807, 2.05) is 0 Å². The topological polar surface area (TPSA) is 77.5 Å². The van der Waals surface area contributed by atoms with Gasteiger partial charge < -0.3 is 20.6 Å². The number of carboxylic acid groups (broad SMARTS) is 1. The van der Waals surface area contributed by atoms with Crippen molar-refractivity contribution in [3.8, 4) is 0 Å². The number of aromatic carboxylic acids is 1. The lowest BCUT2D eigenvalue weighted by Gasteiger charge is -2.29. The van der Waals surface area contributed by atoms with Gasteiger partial charge >= 0.3 is 5.97 Å². The monoisotopic (exact) mass is 430 g/mol. The van der Waals surface area contributed by atoms with Crippen molar-refractivity contribution in [2.45, 2.75) is 32.2 Å². The molecule has 4 rings (SSSR count). The van der Waals surface area contributed by atoms with Gasteiger partial charge in [0.25, 0.3) is 0 Å². The van der Waals surface area contributed by atoms with E-state index in [4.69, 9.17) is 0 Å². The lowest BCUT2D eigenvalue weighted by Crippen LogP contribution is -2.34. The molecule has 0 aliphatic carbocycles. The van der Waals surface area contributed by atoms with Gasteiger partial charge in [-0.15, -0.1) is 0 Å². The Morgan fingerprint density at radius 1 is 1.16 bits per heavy atom. The Labute approximate surface area is 189 Å². The first kappa shape index (κ1) is 21.8. The third-order valence-electron chi connectivity index (χ3n) is 6.12. The summed E-state index contributed by atoms with van der Waals surface area (Å²) in [4.78, 5) is 17.7. The fourth-order valence-corrected chi connectivity index (χ4v) is 4.13. The molecule has 2 heterocycles. The van der Waals surface area contributed by atoms with E-state index in [9.17, 15) is 9.90 Å². The van der Waals surface area contributed by atoms with Crippen LogP contribution in [0.5, 0.6) is 0 Å². The molecule has 1 unspecified atom stereocenters. The number of pyridine rings is 1. The van der Waals surface area contributed by atoms with E-state index >= 15 is 0 Å². The lowest BCUT2D eigenvalue weighted by molar-refractivity contribution is 0.0697. The number of anilines is 3. The second-order valence-electron chi connectivity index (χ2n) is 8.56. The van der Waals surface area contributed by atoms with Crippen LogP contribution < -0.4 is 15.5 Å². The Morgan fingerprint density at radius 3 is 2.62 bits per heavy atom. The summed E-state index contributed by atoms with van der Waals surface area (Å²) in [6.07, 6.45) is 2.50. The summed E-state index contributed by atoms with van der Waals surface area (Å²) in [5.41, 5.74) is 6.53. The zero-order valence-corrected chi connectivity index (χ0v) is 18.8. The molecule has 3 aromatic rings. The molecule has 0 bridgehead atoms. The highest BCUT2D eigenvalue weighted by Gasteiger charge is 2.21. The summed E-state index contributed by atoms with van der Waals surface area (Å²) in [6.45, 7) is 5.95. The fraction of sp³-hybridized carbons (Fsp3) is 0.308. The van der Waals surface area contributed by atoms with Gasteiger partial charge in [-0.05, 0) is 72.0 Å². The zero-order valence-electron chi connectivity index (χ0n) is 18.8. The number of hydrogen-bond donors (Lipinski definition) is 3. The maximum absolute atomic E-state index is 11.2. The second-order valence-corrected chi connectivity index (χ2v) is 8.56. The number of rotatable bonds is 7. The minimum Gasteiger partial charge on any atom is -0.478 e. The van der Waals surface area contributed by atoms with Crippen LogP contribution in [0, 0.1) is 0 Å². The number of nitrogens with zero attached hydrogens (tertiary/aromatic N) is 2. The average molecular weight is 431 g/mol. The first-order valence-corrected chi connectivity index (χ1v) is 11.1. The molecule has 1 aliphatic rings. The molecule has 6 nitrogen and oxygen atoms in total. The largest absolute Gasteiger partial charge is 0.478 e. The van der Waals surface area contributed by atoms with E-state index in [0.717, 1.165) is 13.0 Å². The standard InChI is InChI=1S/C26H30N4O2/c1-17(2)18-4-6-21(7-5-18)30(3)22-8-9-23-19(14-22)10-12-27-24(23)16-29-25-15-20(26(31)32)11-13-28-25/h4-9,11,13-15,17,24,27H,10,12,16H2,1-3H3,(H,28,29)(H,31,32). The van der Waals surface area contributed by atoms with E-state index in [-0.39, 0.29) is 11.6 Å². The summed E-state index contributed by atoms with van der Waals surface area (Å²) in [5, 5.41) is 16.0. The molecular weight excluding hydrogens is 400 g/mol. The number of carboxylic acids is 1. The number of nitrogens with one attached hydrogen (secondary N) is 2. The van der Waals surface area contributed by atoms with Crippen LogP contribution in [0.4, 0.5) is 17.2 Å². The smallest absolute Gasteiger partial charge is 0.335 e. The van der Waals surface area contributed by atoms with Crippen molar-refractivity contribution < 1.29 is 9.90 Å². The van der Waals surface area contributed by atoms with Gasteiger partial charge in [-0.3, -0.25) is 0 Å². The molecule has 2 aromatic carbocycles. The molecule has 3 N–H and O–H groups in total. The van der Waals surface area contributed by atoms with Crippen LogP contribution in [-0.4, -0.2) is 36.2 Å². The predicted octanol–water partition coefficient (Wildman–Crippen LogP) is 4.97. The van der Waals surface area contributed by atoms with E-state index in [0.29, 0.717) is 18.3 Å². The highest BCUT2D eigenvalue weighted by molar-refractivity contribution is 5.88. The van der Waals surface area contributed by atoms with Crippen molar-refractivity contribution in [2.24, 2.45) is 0 Å². The number of hydrogen-bond acceptors (Lipinski definition) is 5. The van der Waals surface area contributed by atoms with Gasteiger partial charge in [0.2, 0.25) is 0 Å². The lowest BCUT2D eigenvalue weighted by atomic mass is 9.93. The van der Waals surface area contributed by atoms with Crippen molar-refractivity contribution in [1.82, 2.24) is 10.3 Å². The Kier molecular flexibility index (Phi) is 6.42. The van der Waals surface area contributed by atoms with Crippen LogP contribution in [0.3, 0.4) is 0 Å². The van der Waals surface area contributed by atoms with E-state index in [2.05, 4.69) is 83.9 Å². The zero-order chi connectivity index (χ0) is 22.7. The summed E-state index contributed by atoms with van der Waals surface area (Å²) >= 11 is 0. The highest BCUT2D eigenvalue weighted by atomic mass is 16.4. The number of benzene rings is 2. The number of carbonyl (C=O) groups is 1. The first-order chi connectivity index (χ1) is 15.4. The van der Waals surface area contributed by atoms with Gasteiger partial charge in [-0.1, -0.05) is 32.0 Å². The molecule has 0 saturated carbocycles. The molecular formula is C26H30N4O2. The summed E-state index contributed by atoms with van der Waals surface area (Å²) in [6, 6.07) is 18.6. The SMILES string of the molecule is CC(C)c1ccc(N(C)c2ccc3c(c2)CCNC3CNc2cc(C(=O)O)ccn2)cc1. The van der Waals surface area contributed by atoms with E-state index in [1.165, 1.54) is 40.3 Å². The molecule has 0 amide bonds. The van der Waals surface area contributed by atoms with Gasteiger partial charge in [0, 0.05) is 37.2 Å². The Morgan fingerprint density at radius 2 is 1.91 bits per heavy atom. The first-order valence-electron chi connectivity index (χ1n) is 11.1. The normalized spacial score (nSPS) is 15.3. The fourth-order valence-electron chi connectivity index (χ4n) is 4.13. The molecule has 0 spiro atoms. The summed E-state index contributed by atoms with van der Waals surface area (Å²) < 4.78 is 0.